The maximum absolute atomic E-state index is 3.39. The average Bonchev–Trinajstić information content (AvgIpc) is 2.26. The Morgan fingerprint density at radius 1 is 1.00 bits per heavy atom. The van der Waals surface area contributed by atoms with Crippen LogP contribution in [-0.4, -0.2) is 5.48 Å². The first-order chi connectivity index (χ1) is 7.33. The molecule has 3 rings (SSSR count). The van der Waals surface area contributed by atoms with Gasteiger partial charge in [-0.1, -0.05) is 23.9 Å². The number of nitrogens with one attached hydrogen (secondary N) is 1. The Bertz CT molecular complexity index is 537. The molecule has 1 aromatic heterocycles. The highest BCUT2D eigenvalue weighted by molar-refractivity contribution is 7.99. The van der Waals surface area contributed by atoms with Crippen molar-refractivity contribution in [3.63, 3.8) is 0 Å². The van der Waals surface area contributed by atoms with E-state index in [2.05, 4.69) is 53.6 Å². The average molecular weight is 305 g/mol. The number of aryl methyl sites for hydroxylation is 1. The van der Waals surface area contributed by atoms with Crippen molar-refractivity contribution >= 4 is 23.3 Å². The van der Waals surface area contributed by atoms with Gasteiger partial charge in [-0.15, -0.1) is 0 Å². The minimum absolute atomic E-state index is 0. The number of hydrogen-bond donors (Lipinski definition) is 1. The molecule has 0 saturated carbocycles. The van der Waals surface area contributed by atoms with Crippen LogP contribution in [0.15, 0.2) is 46.2 Å². The van der Waals surface area contributed by atoms with E-state index in [-0.39, 0.29) is 30.3 Å². The number of nitrogens with two attached hydrogens (primary N) is 1. The fourth-order valence-electron chi connectivity index (χ4n) is 1.77. The number of quaternary nitrogens is 1. The van der Waals surface area contributed by atoms with E-state index < -0.39 is 0 Å². The van der Waals surface area contributed by atoms with E-state index in [0.29, 0.717) is 0 Å². The van der Waals surface area contributed by atoms with Gasteiger partial charge < -0.3 is 30.3 Å². The molecule has 2 aromatic rings. The fourth-order valence-corrected chi connectivity index (χ4v) is 2.75. The summed E-state index contributed by atoms with van der Waals surface area (Å²) in [5, 5.41) is 2.22. The third-order valence-corrected chi connectivity index (χ3v) is 3.69. The molecule has 0 amide bonds. The van der Waals surface area contributed by atoms with E-state index in [1.54, 1.807) is 0 Å². The van der Waals surface area contributed by atoms with Crippen molar-refractivity contribution in [1.29, 1.82) is 0 Å². The molecule has 5 N–H and O–H groups in total. The van der Waals surface area contributed by atoms with Crippen LogP contribution in [0.25, 0.3) is 0 Å². The third-order valence-electron chi connectivity index (χ3n) is 2.52. The Kier molecular flexibility index (Phi) is 6.67. The van der Waals surface area contributed by atoms with Gasteiger partial charge in [-0.2, -0.15) is 4.98 Å². The summed E-state index contributed by atoms with van der Waals surface area (Å²) in [7, 11) is 0. The highest BCUT2D eigenvalue weighted by atomic mass is 35.5. The van der Waals surface area contributed by atoms with Gasteiger partial charge >= 0.3 is 5.82 Å². The van der Waals surface area contributed by atoms with E-state index >= 15 is 0 Å². The van der Waals surface area contributed by atoms with Gasteiger partial charge in [-0.3, -0.25) is 0 Å². The summed E-state index contributed by atoms with van der Waals surface area (Å²) in [6.45, 7) is 2.08. The third kappa shape index (κ3) is 3.16. The topological polar surface area (TPSA) is 62.2 Å². The Hall–Kier alpha value is -0.780. The molecule has 0 bridgehead atoms. The Balaban J connectivity index is 0.000000963. The van der Waals surface area contributed by atoms with Crippen LogP contribution in [0.1, 0.15) is 5.69 Å². The molecule has 18 heavy (non-hydrogen) atoms. The molecule has 0 radical (unpaired) electrons. The summed E-state index contributed by atoms with van der Waals surface area (Å²) in [4.78, 5) is 6.03. The smallest absolute Gasteiger partial charge is 0.383 e. The first-order valence-corrected chi connectivity index (χ1v) is 5.79. The molecular formula is C12H14Cl2N2OS. The molecule has 0 spiro atoms. The normalized spacial score (nSPS) is 10.9. The Morgan fingerprint density at radius 3 is 2.50 bits per heavy atom. The van der Waals surface area contributed by atoms with Gasteiger partial charge in [0.15, 0.2) is 11.4 Å². The van der Waals surface area contributed by atoms with Crippen molar-refractivity contribution in [1.82, 2.24) is 0 Å². The van der Waals surface area contributed by atoms with E-state index in [4.69, 9.17) is 0 Å². The van der Waals surface area contributed by atoms with Crippen molar-refractivity contribution in [3.8, 4) is 0 Å². The van der Waals surface area contributed by atoms with Crippen LogP contribution in [0.3, 0.4) is 0 Å². The largest absolute Gasteiger partial charge is 1.00 e. The lowest BCUT2D eigenvalue weighted by molar-refractivity contribution is -0.593. The lowest BCUT2D eigenvalue weighted by Gasteiger charge is -2.10. The summed E-state index contributed by atoms with van der Waals surface area (Å²) in [5.74, 6) is 1.22. The van der Waals surface area contributed by atoms with Gasteiger partial charge in [-0.25, -0.2) is 5.32 Å². The van der Waals surface area contributed by atoms with E-state index in [0.717, 1.165) is 0 Å². The summed E-state index contributed by atoms with van der Waals surface area (Å²) in [6, 6.07) is 12.8. The molecule has 98 valence electrons. The SMILES string of the molecule is Cc1ccc2c([nH+]1)[NH2+]c1ccccc1S2.O.[Cl-].[Cl-]. The van der Waals surface area contributed by atoms with Crippen LogP contribution in [0.5, 0.6) is 0 Å². The van der Waals surface area contributed by atoms with E-state index in [9.17, 15) is 0 Å². The number of hydrogen-bond acceptors (Lipinski definition) is 1. The van der Waals surface area contributed by atoms with Crippen molar-refractivity contribution in [2.45, 2.75) is 16.7 Å². The molecule has 0 aliphatic carbocycles. The number of fused-ring (bicyclic) bond motifs is 2. The minimum atomic E-state index is 0. The number of rotatable bonds is 0. The number of aromatic nitrogens is 1. The lowest BCUT2D eigenvalue weighted by Crippen LogP contribution is -3.00. The second kappa shape index (κ2) is 6.97. The zero-order chi connectivity index (χ0) is 10.3. The van der Waals surface area contributed by atoms with Gasteiger partial charge in [0, 0.05) is 19.1 Å². The summed E-state index contributed by atoms with van der Waals surface area (Å²) >= 11 is 1.83. The number of aromatic amines is 1. The lowest BCUT2D eigenvalue weighted by atomic mass is 10.3. The summed E-state index contributed by atoms with van der Waals surface area (Å²) in [5.41, 5.74) is 2.50. The van der Waals surface area contributed by atoms with Gasteiger partial charge in [0.25, 0.3) is 0 Å². The van der Waals surface area contributed by atoms with Crippen LogP contribution in [0, 0.1) is 6.92 Å². The predicted molar refractivity (Wildman–Crippen MR) is 63.2 cm³/mol. The van der Waals surface area contributed by atoms with E-state index in [1.165, 1.54) is 27.0 Å². The minimum Gasteiger partial charge on any atom is -1.00 e. The fraction of sp³-hybridized carbons (Fsp3) is 0.0833. The molecule has 1 aromatic carbocycles. The molecule has 0 unspecified atom stereocenters. The zero-order valence-electron chi connectivity index (χ0n) is 9.71. The number of halogens is 2. The van der Waals surface area contributed by atoms with Crippen LogP contribution in [0.2, 0.25) is 0 Å². The van der Waals surface area contributed by atoms with Crippen LogP contribution < -0.4 is 35.1 Å². The van der Waals surface area contributed by atoms with Crippen molar-refractivity contribution in [3.05, 3.63) is 42.1 Å². The zero-order valence-corrected chi connectivity index (χ0v) is 12.0. The molecule has 3 nitrogen and oxygen atoms in total. The van der Waals surface area contributed by atoms with Gasteiger partial charge in [0.05, 0.1) is 4.90 Å². The molecule has 0 fully saturated rings. The second-order valence-electron chi connectivity index (χ2n) is 3.70. The van der Waals surface area contributed by atoms with Crippen molar-refractivity contribution < 1.29 is 40.6 Å². The molecular weight excluding hydrogens is 291 g/mol. The molecule has 0 saturated heterocycles. The highest BCUT2D eigenvalue weighted by Gasteiger charge is 2.25. The monoisotopic (exact) mass is 304 g/mol. The molecule has 1 aliphatic rings. The Morgan fingerprint density at radius 2 is 1.72 bits per heavy atom. The number of pyridine rings is 1. The highest BCUT2D eigenvalue weighted by Crippen LogP contribution is 2.36. The van der Waals surface area contributed by atoms with Crippen LogP contribution in [-0.2, 0) is 0 Å². The van der Waals surface area contributed by atoms with Crippen molar-refractivity contribution in [2.24, 2.45) is 0 Å². The molecule has 0 atom stereocenters. The van der Waals surface area contributed by atoms with Crippen LogP contribution >= 0.6 is 11.8 Å². The van der Waals surface area contributed by atoms with Gasteiger partial charge in [0.1, 0.15) is 4.90 Å². The first kappa shape index (κ1) is 17.2. The Labute approximate surface area is 123 Å². The van der Waals surface area contributed by atoms with Crippen LogP contribution in [0.4, 0.5) is 11.5 Å². The molecule has 2 heterocycles. The second-order valence-corrected chi connectivity index (χ2v) is 4.79. The number of H-pyrrole nitrogens is 1. The first-order valence-electron chi connectivity index (χ1n) is 4.97. The number of benzene rings is 1. The number of para-hydroxylation sites is 1. The maximum atomic E-state index is 3.39. The standard InChI is InChI=1S/C12H10N2S.2ClH.H2O/c1-8-6-7-11-12(13-8)14-9-4-2-3-5-10(9)15-11;;;/h2-7H,1H3,(H,13,14);2*1H;1H2. The van der Waals surface area contributed by atoms with Gasteiger partial charge in [0.2, 0.25) is 0 Å². The maximum Gasteiger partial charge on any atom is 0.383 e. The summed E-state index contributed by atoms with van der Waals surface area (Å²) in [6.07, 6.45) is 0. The van der Waals surface area contributed by atoms with E-state index in [1.807, 2.05) is 11.8 Å². The predicted octanol–water partition coefficient (Wildman–Crippen LogP) is -5.02. The van der Waals surface area contributed by atoms with Crippen molar-refractivity contribution in [2.75, 3.05) is 0 Å². The quantitative estimate of drug-likeness (QED) is 0.415. The van der Waals surface area contributed by atoms with Gasteiger partial charge in [-0.05, 0) is 12.1 Å². The summed E-state index contributed by atoms with van der Waals surface area (Å²) < 4.78 is 0. The molecule has 6 heteroatoms. The molecule has 1 aliphatic heterocycles.